The van der Waals surface area contributed by atoms with E-state index < -0.39 is 17.7 Å². The molecule has 0 atom stereocenters. The van der Waals surface area contributed by atoms with Gasteiger partial charge in [0.25, 0.3) is 17.7 Å². The normalized spacial score (nSPS) is 12.3. The van der Waals surface area contributed by atoms with Gasteiger partial charge in [-0.3, -0.25) is 19.2 Å². The van der Waals surface area contributed by atoms with Gasteiger partial charge in [0.15, 0.2) is 0 Å². The van der Waals surface area contributed by atoms with Crippen LogP contribution in [0, 0.1) is 12.8 Å². The first-order valence-electron chi connectivity index (χ1n) is 28.9. The summed E-state index contributed by atoms with van der Waals surface area (Å²) in [4.78, 5) is 63.3. The Morgan fingerprint density at radius 3 is 1.48 bits per heavy atom. The summed E-state index contributed by atoms with van der Waals surface area (Å²) in [6.45, 7) is 26.2. The van der Waals surface area contributed by atoms with Crippen LogP contribution < -0.4 is 28.7 Å². The van der Waals surface area contributed by atoms with E-state index in [9.17, 15) is 4.79 Å². The second-order valence-electron chi connectivity index (χ2n) is 22.7. The molecule has 1 aliphatic heterocycles. The molecule has 0 spiro atoms. The summed E-state index contributed by atoms with van der Waals surface area (Å²) in [6, 6.07) is 51.4. The summed E-state index contributed by atoms with van der Waals surface area (Å²) in [7, 11) is 0. The summed E-state index contributed by atoms with van der Waals surface area (Å²) in [5.41, 5.74) is 4.46. The van der Waals surface area contributed by atoms with Crippen molar-refractivity contribution in [1.82, 2.24) is 0 Å². The summed E-state index contributed by atoms with van der Waals surface area (Å²) < 4.78 is 28.2. The largest absolute Gasteiger partial charge is 0.461 e. The third kappa shape index (κ3) is 12.7. The van der Waals surface area contributed by atoms with Crippen LogP contribution >= 0.6 is 0 Å². The first kappa shape index (κ1) is 59.8. The van der Waals surface area contributed by atoms with Gasteiger partial charge in [0.1, 0.15) is 46.0 Å². The van der Waals surface area contributed by atoms with Gasteiger partial charge in [0.05, 0.1) is 16.9 Å². The smallest absolute Gasteiger partial charge is 0.265 e. The minimum atomic E-state index is -0.599. The first-order valence-corrected chi connectivity index (χ1v) is 28.9. The Balaban J connectivity index is 0.00000210. The van der Waals surface area contributed by atoms with E-state index in [1.165, 1.54) is 9.80 Å². The maximum Gasteiger partial charge on any atom is 0.265 e. The molecule has 0 aliphatic carbocycles. The molecule has 4 amide bonds. The third-order valence-electron chi connectivity index (χ3n) is 14.4. The molecule has 0 N–H and O–H groups in total. The van der Waals surface area contributed by atoms with Crippen molar-refractivity contribution in [3.05, 3.63) is 245 Å². The average molecular weight is 1130 g/mol. The van der Waals surface area contributed by atoms with Crippen LogP contribution in [0.2, 0.25) is 0 Å². The molecule has 10 heteroatoms. The predicted octanol–water partition coefficient (Wildman–Crippen LogP) is 20.1. The SMILES string of the molecule is C=C/C=C\C=C(/C)Oc1cc2cc(cc(Oc3ccccc3)c3cc1c1c(Oc4ccccc4)cc(C(=O)N(C=O)c4c(C(C)C)cccc4C(C)C)c4c(C)cc(Oc5ccccc5)c3c41)C(=O)N(c1ccccc1C(C)C)C2=O.CC(C)C. The van der Waals surface area contributed by atoms with Crippen LogP contribution in [0.5, 0.6) is 40.2 Å². The number of nitrogens with zero attached hydrogens (tertiary/aromatic N) is 2. The van der Waals surface area contributed by atoms with E-state index in [1.54, 1.807) is 61.6 Å². The molecule has 4 bridgehead atoms. The zero-order valence-corrected chi connectivity index (χ0v) is 50.2. The summed E-state index contributed by atoms with van der Waals surface area (Å²) in [5.74, 6) is 1.74. The van der Waals surface area contributed by atoms with E-state index >= 15 is 14.4 Å². The molecule has 0 saturated carbocycles. The lowest BCUT2D eigenvalue weighted by Gasteiger charge is -2.28. The van der Waals surface area contributed by atoms with E-state index in [1.807, 2.05) is 188 Å². The van der Waals surface area contributed by atoms with Gasteiger partial charge in [0, 0.05) is 38.1 Å². The molecule has 9 aromatic carbocycles. The zero-order chi connectivity index (χ0) is 60.6. The predicted molar refractivity (Wildman–Crippen MR) is 345 cm³/mol. The Kier molecular flexibility index (Phi) is 18.4. The summed E-state index contributed by atoms with van der Waals surface area (Å²) in [5, 5.41) is 2.76. The number of amides is 4. The van der Waals surface area contributed by atoms with E-state index in [0.29, 0.717) is 84.4 Å². The second kappa shape index (κ2) is 26.2. The van der Waals surface area contributed by atoms with Crippen LogP contribution in [0.1, 0.15) is 140 Å². The Bertz CT molecular complexity index is 4080. The highest BCUT2D eigenvalue weighted by molar-refractivity contribution is 6.34. The number of hydrogen-bond donors (Lipinski definition) is 0. The number of carbonyl (C=O) groups excluding carboxylic acids is 4. The van der Waals surface area contributed by atoms with Crippen molar-refractivity contribution >= 4 is 67.8 Å². The third-order valence-corrected chi connectivity index (χ3v) is 14.4. The average Bonchev–Trinajstić information content (AvgIpc) is 0.842. The molecule has 0 unspecified atom stereocenters. The van der Waals surface area contributed by atoms with Crippen LogP contribution in [0.3, 0.4) is 0 Å². The molecule has 10 rings (SSSR count). The number of rotatable bonds is 17. The Morgan fingerprint density at radius 1 is 0.518 bits per heavy atom. The lowest BCUT2D eigenvalue weighted by Crippen LogP contribution is -2.40. The molecule has 10 nitrogen and oxygen atoms in total. The molecule has 0 fully saturated rings. The lowest BCUT2D eigenvalue weighted by molar-refractivity contribution is -0.107. The number of allylic oxidation sites excluding steroid dienone is 5. The molecule has 0 radical (unpaired) electrons. The summed E-state index contributed by atoms with van der Waals surface area (Å²) >= 11 is 0. The molecule has 85 heavy (non-hydrogen) atoms. The Morgan fingerprint density at radius 2 is 0.976 bits per heavy atom. The molecular formula is C75H72N2O8. The quantitative estimate of drug-likeness (QED) is 0.0384. The van der Waals surface area contributed by atoms with E-state index in [4.69, 9.17) is 18.9 Å². The van der Waals surface area contributed by atoms with Crippen LogP contribution in [0.15, 0.2) is 207 Å². The van der Waals surface area contributed by atoms with Crippen molar-refractivity contribution in [2.24, 2.45) is 5.92 Å². The Hall–Kier alpha value is -9.80. The molecular weight excluding hydrogens is 1060 g/mol. The molecule has 0 saturated heterocycles. The van der Waals surface area contributed by atoms with Gasteiger partial charge in [-0.15, -0.1) is 0 Å². The minimum absolute atomic E-state index is 0.0546. The van der Waals surface area contributed by atoms with E-state index in [-0.39, 0.29) is 51.7 Å². The minimum Gasteiger partial charge on any atom is -0.461 e. The van der Waals surface area contributed by atoms with Gasteiger partial charge >= 0.3 is 0 Å². The fourth-order valence-electron chi connectivity index (χ4n) is 10.6. The van der Waals surface area contributed by atoms with E-state index in [0.717, 1.165) is 22.6 Å². The zero-order valence-electron chi connectivity index (χ0n) is 50.2. The van der Waals surface area contributed by atoms with Gasteiger partial charge in [-0.05, 0) is 150 Å². The van der Waals surface area contributed by atoms with Crippen molar-refractivity contribution < 1.29 is 38.1 Å². The van der Waals surface area contributed by atoms with Crippen LogP contribution in [-0.4, -0.2) is 24.1 Å². The highest BCUT2D eigenvalue weighted by atomic mass is 16.5. The van der Waals surface area contributed by atoms with Crippen molar-refractivity contribution in [1.29, 1.82) is 0 Å². The number of fused-ring (bicyclic) bond motifs is 6. The maximum atomic E-state index is 16.1. The van der Waals surface area contributed by atoms with Crippen LogP contribution in [0.4, 0.5) is 11.4 Å². The number of aryl methyl sites for hydroxylation is 1. The topological polar surface area (TPSA) is 112 Å². The first-order chi connectivity index (χ1) is 40.9. The molecule has 0 aromatic heterocycles. The highest BCUT2D eigenvalue weighted by Crippen LogP contribution is 2.52. The number of benzene rings is 8. The van der Waals surface area contributed by atoms with Crippen LogP contribution in [-0.2, 0) is 4.79 Å². The number of imide groups is 2. The fraction of sp³-hybridized carbons (Fsp3) is 0.200. The van der Waals surface area contributed by atoms with Gasteiger partial charge in [0.2, 0.25) is 6.41 Å². The highest BCUT2D eigenvalue weighted by Gasteiger charge is 2.35. The van der Waals surface area contributed by atoms with Crippen LogP contribution in [0.25, 0.3) is 32.3 Å². The van der Waals surface area contributed by atoms with E-state index in [2.05, 4.69) is 27.4 Å². The number of ether oxygens (including phenoxy) is 4. The van der Waals surface area contributed by atoms with Gasteiger partial charge in [-0.1, -0.05) is 178 Å². The van der Waals surface area contributed by atoms with Crippen molar-refractivity contribution in [3.8, 4) is 40.2 Å². The van der Waals surface area contributed by atoms with Crippen molar-refractivity contribution in [2.75, 3.05) is 9.80 Å². The number of hydrogen-bond acceptors (Lipinski definition) is 8. The van der Waals surface area contributed by atoms with Gasteiger partial charge < -0.3 is 18.9 Å². The molecule has 1 heterocycles. The van der Waals surface area contributed by atoms with Gasteiger partial charge in [-0.2, -0.15) is 0 Å². The Labute approximate surface area is 498 Å². The lowest BCUT2D eigenvalue weighted by atomic mass is 9.87. The maximum absolute atomic E-state index is 16.1. The number of para-hydroxylation sites is 5. The van der Waals surface area contributed by atoms with Crippen molar-refractivity contribution in [3.63, 3.8) is 0 Å². The second-order valence-corrected chi connectivity index (χ2v) is 22.7. The monoisotopic (exact) mass is 1130 g/mol. The molecule has 430 valence electrons. The summed E-state index contributed by atoms with van der Waals surface area (Å²) in [6.07, 6.45) is 7.59. The number of anilines is 2. The van der Waals surface area contributed by atoms with Crippen molar-refractivity contribution in [2.45, 2.75) is 93.9 Å². The standard InChI is InChI=1S/C71H62N2O8.C4H10/c1-10-11-15-25-47(9)78-60-38-48-37-49(70(76)73(69(48)75)59-35-23-22-32-53(59)43(2)3)39-61(79-50-26-16-12-17-27-50)57-40-56(60)66-63(81-52-30-20-14-21-31-52)41-58(64-46(8)36-62(65(57)67(64)66)80-51-28-18-13-19-29-51)71(77)72(42-74)68-54(44(4)5)33-24-34-55(68)45(6)7;1-4(2)3/h10-45H,1H2,2-9H3;4H,1-3H3/b15-11-,47-25+,48-38?,49-39?,60-38?,60-56?,61-39?,61-57?;. The van der Waals surface area contributed by atoms with Gasteiger partial charge in [-0.25, -0.2) is 9.80 Å². The molecule has 9 aromatic rings. The molecule has 1 aliphatic rings. The fourth-order valence-corrected chi connectivity index (χ4v) is 10.6. The number of carbonyl (C=O) groups is 4.